The van der Waals surface area contributed by atoms with Gasteiger partial charge in [-0.1, -0.05) is 12.1 Å². The van der Waals surface area contributed by atoms with Crippen molar-refractivity contribution in [1.29, 1.82) is 0 Å². The van der Waals surface area contributed by atoms with Gasteiger partial charge < -0.3 is 15.2 Å². The fraction of sp³-hybridized carbons (Fsp3) is 0.556. The van der Waals surface area contributed by atoms with E-state index in [1.54, 1.807) is 0 Å². The second kappa shape index (κ2) is 9.34. The molecule has 1 saturated carbocycles. The van der Waals surface area contributed by atoms with Gasteiger partial charge in [0.2, 0.25) is 12.3 Å². The molecule has 1 aromatic carbocycles. The van der Waals surface area contributed by atoms with E-state index < -0.39 is 30.8 Å². The number of aryl methyl sites for hydroxylation is 1. The summed E-state index contributed by atoms with van der Waals surface area (Å²) < 4.78 is 30.6. The van der Waals surface area contributed by atoms with Gasteiger partial charge in [-0.2, -0.15) is 0 Å². The van der Waals surface area contributed by atoms with Crippen LogP contribution in [-0.2, 0) is 16.0 Å². The van der Waals surface area contributed by atoms with Crippen molar-refractivity contribution >= 4 is 11.9 Å². The van der Waals surface area contributed by atoms with E-state index in [2.05, 4.69) is 5.32 Å². The fourth-order valence-corrected chi connectivity index (χ4v) is 2.90. The van der Waals surface area contributed by atoms with Crippen molar-refractivity contribution in [3.8, 4) is 5.75 Å². The molecule has 1 unspecified atom stereocenters. The number of rotatable bonds is 9. The molecule has 7 heteroatoms. The lowest BCUT2D eigenvalue weighted by Gasteiger charge is -2.15. The number of nitrogens with one attached hydrogen (secondary N) is 1. The Morgan fingerprint density at radius 1 is 1.28 bits per heavy atom. The van der Waals surface area contributed by atoms with Crippen LogP contribution in [0.3, 0.4) is 0 Å². The maximum Gasteiger partial charge on any atom is 0.326 e. The van der Waals surface area contributed by atoms with Crippen LogP contribution in [-0.4, -0.2) is 35.6 Å². The molecule has 25 heavy (non-hydrogen) atoms. The Hall–Kier alpha value is -2.18. The number of carbonyl (C=O) groups excluding carboxylic acids is 1. The minimum absolute atomic E-state index is 0.0277. The molecular weight excluding hydrogens is 332 g/mol. The van der Waals surface area contributed by atoms with Gasteiger partial charge in [-0.15, -0.1) is 0 Å². The van der Waals surface area contributed by atoms with Crippen molar-refractivity contribution in [2.24, 2.45) is 0 Å². The molecule has 1 fully saturated rings. The topological polar surface area (TPSA) is 75.6 Å². The number of carboxylic acid groups (broad SMARTS) is 1. The van der Waals surface area contributed by atoms with Crippen LogP contribution in [0, 0.1) is 0 Å². The molecule has 2 N–H and O–H groups in total. The largest absolute Gasteiger partial charge is 0.490 e. The van der Waals surface area contributed by atoms with E-state index in [9.17, 15) is 18.4 Å². The third kappa shape index (κ3) is 6.68. The second-order valence-corrected chi connectivity index (χ2v) is 6.26. The first-order valence-electron chi connectivity index (χ1n) is 8.50. The molecule has 1 amide bonds. The minimum atomic E-state index is -2.79. The van der Waals surface area contributed by atoms with Crippen LogP contribution in [0.2, 0.25) is 0 Å². The molecule has 0 aromatic heterocycles. The highest BCUT2D eigenvalue weighted by molar-refractivity contribution is 5.83. The first-order valence-corrected chi connectivity index (χ1v) is 8.50. The smallest absolute Gasteiger partial charge is 0.326 e. The van der Waals surface area contributed by atoms with Gasteiger partial charge in [-0.25, -0.2) is 13.6 Å². The van der Waals surface area contributed by atoms with Gasteiger partial charge in [-0.3, -0.25) is 4.79 Å². The summed E-state index contributed by atoms with van der Waals surface area (Å²) in [5.41, 5.74) is 0.881. The second-order valence-electron chi connectivity index (χ2n) is 6.26. The number of carboxylic acids is 1. The van der Waals surface area contributed by atoms with Crippen molar-refractivity contribution in [2.75, 3.05) is 0 Å². The highest BCUT2D eigenvalue weighted by Gasteiger charge is 2.24. The Balaban J connectivity index is 1.83. The molecule has 1 atom stereocenters. The predicted molar refractivity (Wildman–Crippen MR) is 87.8 cm³/mol. The van der Waals surface area contributed by atoms with Crippen LogP contribution in [0.15, 0.2) is 24.3 Å². The first-order chi connectivity index (χ1) is 11.9. The maximum absolute atomic E-state index is 12.3. The van der Waals surface area contributed by atoms with Crippen LogP contribution in [0.4, 0.5) is 8.78 Å². The Morgan fingerprint density at radius 3 is 2.64 bits per heavy atom. The molecule has 5 nitrogen and oxygen atoms in total. The van der Waals surface area contributed by atoms with Crippen molar-refractivity contribution in [3.63, 3.8) is 0 Å². The van der Waals surface area contributed by atoms with Gasteiger partial charge in [-0.05, 0) is 49.8 Å². The molecule has 1 aromatic rings. The zero-order chi connectivity index (χ0) is 18.2. The van der Waals surface area contributed by atoms with E-state index in [1.807, 2.05) is 24.3 Å². The summed E-state index contributed by atoms with van der Waals surface area (Å²) >= 11 is 0. The van der Waals surface area contributed by atoms with Gasteiger partial charge in [0.25, 0.3) is 0 Å². The van der Waals surface area contributed by atoms with E-state index in [0.717, 1.165) is 24.2 Å². The molecule has 1 aliphatic carbocycles. The van der Waals surface area contributed by atoms with Crippen molar-refractivity contribution in [3.05, 3.63) is 29.8 Å². The summed E-state index contributed by atoms with van der Waals surface area (Å²) in [7, 11) is 0. The summed E-state index contributed by atoms with van der Waals surface area (Å²) in [4.78, 5) is 22.7. The molecule has 0 bridgehead atoms. The van der Waals surface area contributed by atoms with Crippen molar-refractivity contribution in [1.82, 2.24) is 5.32 Å². The molecule has 1 aliphatic rings. The van der Waals surface area contributed by atoms with Gasteiger partial charge in [0.15, 0.2) is 0 Å². The van der Waals surface area contributed by atoms with E-state index in [-0.39, 0.29) is 12.5 Å². The Bertz CT molecular complexity index is 588. The van der Waals surface area contributed by atoms with Crippen LogP contribution in [0.25, 0.3) is 0 Å². The summed E-state index contributed by atoms with van der Waals surface area (Å²) in [6.07, 6.45) is 1.41. The lowest BCUT2D eigenvalue weighted by Crippen LogP contribution is -2.42. The third-order valence-corrected chi connectivity index (χ3v) is 4.19. The van der Waals surface area contributed by atoms with E-state index >= 15 is 0 Å². The lowest BCUT2D eigenvalue weighted by molar-refractivity contribution is -0.143. The normalized spacial score (nSPS) is 16.0. The number of amides is 1. The highest BCUT2D eigenvalue weighted by Crippen LogP contribution is 2.24. The van der Waals surface area contributed by atoms with Crippen LogP contribution in [0.5, 0.6) is 5.75 Å². The van der Waals surface area contributed by atoms with Gasteiger partial charge >= 0.3 is 5.97 Å². The van der Waals surface area contributed by atoms with E-state index in [1.165, 1.54) is 12.8 Å². The molecule has 2 rings (SSSR count). The molecule has 0 aliphatic heterocycles. The maximum atomic E-state index is 12.3. The number of ether oxygens (including phenoxy) is 1. The van der Waals surface area contributed by atoms with Gasteiger partial charge in [0, 0.05) is 12.8 Å². The van der Waals surface area contributed by atoms with Gasteiger partial charge in [0.1, 0.15) is 11.8 Å². The third-order valence-electron chi connectivity index (χ3n) is 4.19. The highest BCUT2D eigenvalue weighted by atomic mass is 19.3. The number of alkyl halides is 2. The summed E-state index contributed by atoms with van der Waals surface area (Å²) in [6, 6.07) is 5.85. The first kappa shape index (κ1) is 19.1. The summed E-state index contributed by atoms with van der Waals surface area (Å²) in [6.45, 7) is 0. The standard InChI is InChI=1S/C18H23F2NO4/c19-16(20)11-15(18(23)24)21-17(22)9-8-12-4-3-7-14(10-12)25-13-5-1-2-6-13/h3-4,7,10,13,15-16H,1-2,5-6,8-9,11H2,(H,21,22)(H,23,24). The molecule has 0 saturated heterocycles. The zero-order valence-electron chi connectivity index (χ0n) is 13.9. The number of carbonyl (C=O) groups is 2. The van der Waals surface area contributed by atoms with Crippen molar-refractivity contribution in [2.45, 2.75) is 63.5 Å². The minimum Gasteiger partial charge on any atom is -0.490 e. The zero-order valence-corrected chi connectivity index (χ0v) is 13.9. The average Bonchev–Trinajstić information content (AvgIpc) is 3.05. The monoisotopic (exact) mass is 355 g/mol. The van der Waals surface area contributed by atoms with Gasteiger partial charge in [0.05, 0.1) is 6.10 Å². The molecular formula is C18H23F2NO4. The number of hydrogen-bond donors (Lipinski definition) is 2. The Kier molecular flexibility index (Phi) is 7.16. The van der Waals surface area contributed by atoms with E-state index in [4.69, 9.17) is 9.84 Å². The summed E-state index contributed by atoms with van der Waals surface area (Å²) in [5.74, 6) is -1.26. The molecule has 138 valence electrons. The van der Waals surface area contributed by atoms with Crippen LogP contribution >= 0.6 is 0 Å². The Labute approximate surface area is 145 Å². The molecule has 0 heterocycles. The number of halogens is 2. The number of hydrogen-bond acceptors (Lipinski definition) is 3. The lowest BCUT2D eigenvalue weighted by atomic mass is 10.1. The van der Waals surface area contributed by atoms with E-state index in [0.29, 0.717) is 6.42 Å². The SMILES string of the molecule is O=C(CCc1cccc(OC2CCCC2)c1)NC(CC(F)F)C(=O)O. The summed E-state index contributed by atoms with van der Waals surface area (Å²) in [5, 5.41) is 11.0. The van der Waals surface area contributed by atoms with Crippen LogP contribution < -0.4 is 10.1 Å². The van der Waals surface area contributed by atoms with Crippen molar-refractivity contribution < 1.29 is 28.2 Å². The fourth-order valence-electron chi connectivity index (χ4n) is 2.90. The predicted octanol–water partition coefficient (Wildman–Crippen LogP) is 3.17. The quantitative estimate of drug-likeness (QED) is 0.713. The number of aliphatic carboxylic acids is 1. The molecule has 0 radical (unpaired) electrons. The van der Waals surface area contributed by atoms with Crippen LogP contribution in [0.1, 0.15) is 44.1 Å². The Morgan fingerprint density at radius 2 is 2.00 bits per heavy atom. The average molecular weight is 355 g/mol. The molecule has 0 spiro atoms. The number of benzene rings is 1.